The Balaban J connectivity index is 1.65. The van der Waals surface area contributed by atoms with Crippen LogP contribution in [0.15, 0.2) is 62.4 Å². The molecule has 1 unspecified atom stereocenters. The molecule has 2 aromatic carbocycles. The van der Waals surface area contributed by atoms with E-state index in [2.05, 4.69) is 13.8 Å². The van der Waals surface area contributed by atoms with Gasteiger partial charge in [-0.2, -0.15) is 0 Å². The Labute approximate surface area is 219 Å². The van der Waals surface area contributed by atoms with Crippen molar-refractivity contribution in [1.82, 2.24) is 4.90 Å². The van der Waals surface area contributed by atoms with Gasteiger partial charge in [0, 0.05) is 5.02 Å². The van der Waals surface area contributed by atoms with Gasteiger partial charge in [0.1, 0.15) is 11.3 Å². The standard InChI is InChI=1S/C29H28ClNO6/c1-16(2)9-11-36-22-8-7-18(13-24(22)34-4)26-25-27(32)20-14-21(30)17(3)12-23(20)37-28(25)29(33)31(26)15-19-6-5-10-35-19/h5-8,10,12-14,16,26H,9,11,15H2,1-4H3. The van der Waals surface area contributed by atoms with Crippen LogP contribution in [0.25, 0.3) is 11.0 Å². The van der Waals surface area contributed by atoms with Crippen molar-refractivity contribution < 1.29 is 23.1 Å². The molecule has 1 amide bonds. The van der Waals surface area contributed by atoms with Crippen molar-refractivity contribution in [1.29, 1.82) is 0 Å². The molecule has 0 fully saturated rings. The van der Waals surface area contributed by atoms with E-state index in [4.69, 9.17) is 29.9 Å². The van der Waals surface area contributed by atoms with Crippen molar-refractivity contribution in [2.45, 2.75) is 39.8 Å². The van der Waals surface area contributed by atoms with Gasteiger partial charge in [0.25, 0.3) is 5.91 Å². The first-order valence-corrected chi connectivity index (χ1v) is 12.6. The molecule has 0 saturated carbocycles. The average Bonchev–Trinajstić information content (AvgIpc) is 3.48. The number of fused-ring (bicyclic) bond motifs is 2. The Bertz CT molecular complexity index is 1520. The number of hydrogen-bond acceptors (Lipinski definition) is 6. The summed E-state index contributed by atoms with van der Waals surface area (Å²) < 4.78 is 23.2. The molecule has 37 heavy (non-hydrogen) atoms. The van der Waals surface area contributed by atoms with Crippen LogP contribution in [0.2, 0.25) is 5.02 Å². The van der Waals surface area contributed by atoms with Crippen molar-refractivity contribution in [3.8, 4) is 11.5 Å². The van der Waals surface area contributed by atoms with E-state index in [1.165, 1.54) is 0 Å². The molecule has 192 valence electrons. The molecule has 0 saturated heterocycles. The van der Waals surface area contributed by atoms with Crippen molar-refractivity contribution in [3.63, 3.8) is 0 Å². The third kappa shape index (κ3) is 4.60. The van der Waals surface area contributed by atoms with Crippen molar-refractivity contribution in [2.75, 3.05) is 13.7 Å². The van der Waals surface area contributed by atoms with Crippen LogP contribution >= 0.6 is 11.6 Å². The Morgan fingerprint density at radius 3 is 2.62 bits per heavy atom. The summed E-state index contributed by atoms with van der Waals surface area (Å²) in [5.41, 5.74) is 1.74. The summed E-state index contributed by atoms with van der Waals surface area (Å²) >= 11 is 6.33. The van der Waals surface area contributed by atoms with Gasteiger partial charge in [-0.05, 0) is 66.8 Å². The van der Waals surface area contributed by atoms with Crippen LogP contribution in [0.3, 0.4) is 0 Å². The minimum Gasteiger partial charge on any atom is -0.493 e. The number of methoxy groups -OCH3 is 1. The fourth-order valence-corrected chi connectivity index (χ4v) is 4.76. The van der Waals surface area contributed by atoms with Gasteiger partial charge in [0.2, 0.25) is 5.76 Å². The number of amides is 1. The van der Waals surface area contributed by atoms with Gasteiger partial charge in [-0.3, -0.25) is 9.59 Å². The molecule has 0 aliphatic carbocycles. The van der Waals surface area contributed by atoms with Gasteiger partial charge in [-0.1, -0.05) is 31.5 Å². The third-order valence-corrected chi connectivity index (χ3v) is 7.02. The lowest BCUT2D eigenvalue weighted by Gasteiger charge is -2.25. The third-order valence-electron chi connectivity index (χ3n) is 6.61. The molecule has 4 aromatic rings. The molecule has 0 spiro atoms. The van der Waals surface area contributed by atoms with Crippen LogP contribution in [0.5, 0.6) is 11.5 Å². The summed E-state index contributed by atoms with van der Waals surface area (Å²) in [5, 5.41) is 0.783. The maximum absolute atomic E-state index is 13.8. The van der Waals surface area contributed by atoms with E-state index in [0.717, 1.165) is 12.0 Å². The van der Waals surface area contributed by atoms with E-state index in [1.807, 2.05) is 19.1 Å². The molecule has 0 N–H and O–H groups in total. The highest BCUT2D eigenvalue weighted by Gasteiger charge is 2.43. The molecule has 0 radical (unpaired) electrons. The van der Waals surface area contributed by atoms with Gasteiger partial charge in [-0.15, -0.1) is 0 Å². The fraction of sp³-hybridized carbons (Fsp3) is 0.310. The van der Waals surface area contributed by atoms with Crippen molar-refractivity contribution in [2.24, 2.45) is 5.92 Å². The van der Waals surface area contributed by atoms with Crippen LogP contribution in [0, 0.1) is 12.8 Å². The van der Waals surface area contributed by atoms with Crippen molar-refractivity contribution in [3.05, 3.63) is 92.2 Å². The number of halogens is 1. The lowest BCUT2D eigenvalue weighted by atomic mass is 9.97. The molecule has 0 bridgehead atoms. The molecule has 7 nitrogen and oxygen atoms in total. The van der Waals surface area contributed by atoms with Crippen LogP contribution in [-0.2, 0) is 6.54 Å². The number of carbonyl (C=O) groups is 1. The minimum atomic E-state index is -0.716. The van der Waals surface area contributed by atoms with E-state index in [0.29, 0.717) is 51.3 Å². The summed E-state index contributed by atoms with van der Waals surface area (Å²) in [6.45, 7) is 6.80. The zero-order valence-corrected chi connectivity index (χ0v) is 21.9. The lowest BCUT2D eigenvalue weighted by molar-refractivity contribution is 0.0701. The van der Waals surface area contributed by atoms with Crippen LogP contribution in [-0.4, -0.2) is 24.5 Å². The summed E-state index contributed by atoms with van der Waals surface area (Å²) in [5.74, 6) is 1.84. The van der Waals surface area contributed by atoms with Gasteiger partial charge < -0.3 is 23.2 Å². The number of ether oxygens (including phenoxy) is 2. The van der Waals surface area contributed by atoms with E-state index in [9.17, 15) is 9.59 Å². The van der Waals surface area contributed by atoms with Crippen LogP contribution in [0.1, 0.15) is 59.3 Å². The molecule has 1 atom stereocenters. The predicted molar refractivity (Wildman–Crippen MR) is 141 cm³/mol. The van der Waals surface area contributed by atoms with Crippen LogP contribution < -0.4 is 14.9 Å². The molecule has 2 aromatic heterocycles. The second-order valence-corrected chi connectivity index (χ2v) is 10.0. The smallest absolute Gasteiger partial charge is 0.291 e. The second kappa shape index (κ2) is 9.98. The van der Waals surface area contributed by atoms with Gasteiger partial charge >= 0.3 is 0 Å². The second-order valence-electron chi connectivity index (χ2n) is 9.63. The Morgan fingerprint density at radius 1 is 1.11 bits per heavy atom. The Morgan fingerprint density at radius 2 is 1.92 bits per heavy atom. The number of benzene rings is 2. The fourth-order valence-electron chi connectivity index (χ4n) is 4.60. The normalized spacial score (nSPS) is 15.0. The first-order chi connectivity index (χ1) is 17.8. The van der Waals surface area contributed by atoms with Crippen molar-refractivity contribution >= 4 is 28.5 Å². The lowest BCUT2D eigenvalue weighted by Crippen LogP contribution is -2.29. The van der Waals surface area contributed by atoms with E-state index >= 15 is 0 Å². The quantitative estimate of drug-likeness (QED) is 0.262. The average molecular weight is 522 g/mol. The predicted octanol–water partition coefficient (Wildman–Crippen LogP) is 6.53. The number of carbonyl (C=O) groups excluding carboxylic acids is 1. The summed E-state index contributed by atoms with van der Waals surface area (Å²) in [6, 6.07) is 11.6. The highest BCUT2D eigenvalue weighted by Crippen LogP contribution is 2.42. The summed E-state index contributed by atoms with van der Waals surface area (Å²) in [4.78, 5) is 29.0. The SMILES string of the molecule is COc1cc(C2c3c(oc4cc(C)c(Cl)cc4c3=O)C(=O)N2Cc2ccco2)ccc1OCCC(C)C. The highest BCUT2D eigenvalue weighted by molar-refractivity contribution is 6.32. The van der Waals surface area contributed by atoms with Crippen LogP contribution in [0.4, 0.5) is 0 Å². The number of nitrogens with zero attached hydrogens (tertiary/aromatic N) is 1. The summed E-state index contributed by atoms with van der Waals surface area (Å²) in [7, 11) is 1.56. The van der Waals surface area contributed by atoms with Gasteiger partial charge in [-0.25, -0.2) is 0 Å². The van der Waals surface area contributed by atoms with E-state index < -0.39 is 6.04 Å². The minimum absolute atomic E-state index is 0.0204. The van der Waals surface area contributed by atoms with Gasteiger partial charge in [0.05, 0.1) is 43.5 Å². The maximum Gasteiger partial charge on any atom is 0.291 e. The first-order valence-electron chi connectivity index (χ1n) is 12.2. The summed E-state index contributed by atoms with van der Waals surface area (Å²) in [6.07, 6.45) is 2.45. The topological polar surface area (TPSA) is 82.1 Å². The largest absolute Gasteiger partial charge is 0.493 e. The molecule has 1 aliphatic heterocycles. The molecule has 8 heteroatoms. The molecule has 3 heterocycles. The van der Waals surface area contributed by atoms with E-state index in [1.54, 1.807) is 48.6 Å². The molecule has 5 rings (SSSR count). The molecular weight excluding hydrogens is 494 g/mol. The van der Waals surface area contributed by atoms with Gasteiger partial charge in [0.15, 0.2) is 16.9 Å². The maximum atomic E-state index is 13.8. The Hall–Kier alpha value is -3.71. The molecule has 1 aliphatic rings. The number of hydrogen-bond donors (Lipinski definition) is 0. The highest BCUT2D eigenvalue weighted by atomic mass is 35.5. The zero-order valence-electron chi connectivity index (χ0n) is 21.2. The zero-order chi connectivity index (χ0) is 26.3. The number of furan rings is 1. The number of aryl methyl sites for hydroxylation is 1. The first kappa shape index (κ1) is 25.0. The number of rotatable bonds is 8. The monoisotopic (exact) mass is 521 g/mol. The molecular formula is C29H28ClNO6. The van der Waals surface area contributed by atoms with E-state index in [-0.39, 0.29) is 29.2 Å². The Kier molecular flexibility index (Phi) is 6.73.